The standard InChI is InChI=1S/C29H49NO7/c1-15(30-17(3)31)20-10-13-29(35)22-7-6-18-14-19(37-26-25(34)24(33)23(32)16(2)36-26)8-11-27(18,4)21(22)9-12-28(20,29)5/h15-16,18-26,32-35H,6-14H2,1-5H3,(H,30,31)/t15-,16-,18+,19-,20+,21-,22+,23-,24+,25+,26-,27-,28+,29-/m0/s1. The Bertz CT molecular complexity index is 871. The quantitative estimate of drug-likeness (QED) is 0.358. The minimum Gasteiger partial charge on any atom is -0.389 e. The van der Waals surface area contributed by atoms with Crippen LogP contribution >= 0.6 is 0 Å². The number of hydrogen-bond donors (Lipinski definition) is 5. The van der Waals surface area contributed by atoms with Crippen molar-refractivity contribution in [1.29, 1.82) is 0 Å². The average molecular weight is 524 g/mol. The lowest BCUT2D eigenvalue weighted by molar-refractivity contribution is -0.310. The molecule has 1 amide bonds. The second-order valence-corrected chi connectivity index (χ2v) is 13.7. The Balaban J connectivity index is 1.28. The van der Waals surface area contributed by atoms with Gasteiger partial charge in [0.1, 0.15) is 18.3 Å². The smallest absolute Gasteiger partial charge is 0.217 e. The third kappa shape index (κ3) is 4.29. The third-order valence-corrected chi connectivity index (χ3v) is 12.0. The van der Waals surface area contributed by atoms with Gasteiger partial charge in [-0.25, -0.2) is 0 Å². The predicted octanol–water partition coefficient (Wildman–Crippen LogP) is 2.50. The van der Waals surface area contributed by atoms with Crippen molar-refractivity contribution < 1.29 is 34.7 Å². The fourth-order valence-corrected chi connectivity index (χ4v) is 9.89. The molecular weight excluding hydrogens is 474 g/mol. The van der Waals surface area contributed by atoms with E-state index in [2.05, 4.69) is 26.1 Å². The van der Waals surface area contributed by atoms with Crippen LogP contribution in [0.2, 0.25) is 0 Å². The number of carbonyl (C=O) groups excluding carboxylic acids is 1. The van der Waals surface area contributed by atoms with Gasteiger partial charge in [-0.1, -0.05) is 13.8 Å². The van der Waals surface area contributed by atoms with Crippen molar-refractivity contribution >= 4 is 5.91 Å². The predicted molar refractivity (Wildman–Crippen MR) is 137 cm³/mol. The van der Waals surface area contributed by atoms with Crippen LogP contribution < -0.4 is 5.32 Å². The first-order chi connectivity index (χ1) is 17.3. The first-order valence-electron chi connectivity index (χ1n) is 14.7. The number of ether oxygens (including phenoxy) is 2. The maximum Gasteiger partial charge on any atom is 0.217 e. The summed E-state index contributed by atoms with van der Waals surface area (Å²) in [6.07, 6.45) is 3.40. The van der Waals surface area contributed by atoms with Crippen LogP contribution in [0.5, 0.6) is 0 Å². The highest BCUT2D eigenvalue weighted by atomic mass is 16.7. The normalized spacial score (nSPS) is 54.5. The highest BCUT2D eigenvalue weighted by Gasteiger charge is 2.67. The summed E-state index contributed by atoms with van der Waals surface area (Å²) >= 11 is 0. The van der Waals surface area contributed by atoms with Gasteiger partial charge in [-0.2, -0.15) is 0 Å². The Kier molecular flexibility index (Phi) is 7.28. The number of carbonyl (C=O) groups is 1. The summed E-state index contributed by atoms with van der Waals surface area (Å²) in [6, 6.07) is 0.0623. The average Bonchev–Trinajstić information content (AvgIpc) is 3.12. The first kappa shape index (κ1) is 27.8. The molecule has 8 nitrogen and oxygen atoms in total. The van der Waals surface area contributed by atoms with E-state index in [1.54, 1.807) is 13.8 Å². The van der Waals surface area contributed by atoms with Crippen molar-refractivity contribution in [2.24, 2.45) is 34.5 Å². The molecule has 37 heavy (non-hydrogen) atoms. The van der Waals surface area contributed by atoms with Crippen LogP contribution in [0.1, 0.15) is 92.4 Å². The van der Waals surface area contributed by atoms with E-state index in [1.807, 2.05) is 0 Å². The van der Waals surface area contributed by atoms with Gasteiger partial charge in [-0.3, -0.25) is 4.79 Å². The molecule has 8 heteroatoms. The monoisotopic (exact) mass is 523 g/mol. The van der Waals surface area contributed by atoms with E-state index in [9.17, 15) is 25.2 Å². The molecule has 0 aromatic carbocycles. The molecule has 14 atom stereocenters. The van der Waals surface area contributed by atoms with E-state index in [4.69, 9.17) is 9.47 Å². The summed E-state index contributed by atoms with van der Waals surface area (Å²) in [5.41, 5.74) is -0.742. The number of fused-ring (bicyclic) bond motifs is 5. The van der Waals surface area contributed by atoms with Gasteiger partial charge in [0, 0.05) is 18.4 Å². The number of amides is 1. The van der Waals surface area contributed by atoms with Gasteiger partial charge < -0.3 is 35.2 Å². The lowest BCUT2D eigenvalue weighted by atomic mass is 9.43. The molecule has 1 saturated heterocycles. The van der Waals surface area contributed by atoms with Crippen LogP contribution in [0.15, 0.2) is 0 Å². The van der Waals surface area contributed by atoms with E-state index in [1.165, 1.54) is 0 Å². The Morgan fingerprint density at radius 3 is 2.41 bits per heavy atom. The highest BCUT2D eigenvalue weighted by Crippen LogP contribution is 2.69. The van der Waals surface area contributed by atoms with Crippen LogP contribution in [0.4, 0.5) is 0 Å². The molecule has 0 radical (unpaired) electrons. The Hall–Kier alpha value is -0.770. The van der Waals surface area contributed by atoms with Gasteiger partial charge in [0.2, 0.25) is 5.91 Å². The molecular formula is C29H49NO7. The fourth-order valence-electron chi connectivity index (χ4n) is 9.89. The van der Waals surface area contributed by atoms with Crippen LogP contribution in [0.3, 0.4) is 0 Å². The molecule has 5 fully saturated rings. The zero-order valence-electron chi connectivity index (χ0n) is 23.2. The van der Waals surface area contributed by atoms with Gasteiger partial charge in [0.15, 0.2) is 6.29 Å². The van der Waals surface area contributed by atoms with E-state index in [0.29, 0.717) is 11.8 Å². The number of aliphatic hydroxyl groups excluding tert-OH is 3. The lowest BCUT2D eigenvalue weighted by Crippen LogP contribution is -2.63. The Morgan fingerprint density at radius 2 is 1.70 bits per heavy atom. The molecule has 1 aliphatic heterocycles. The second kappa shape index (κ2) is 9.70. The van der Waals surface area contributed by atoms with Crippen LogP contribution in [-0.4, -0.2) is 74.8 Å². The van der Waals surface area contributed by atoms with Gasteiger partial charge in [0.05, 0.1) is 17.8 Å². The number of nitrogens with one attached hydrogen (secondary N) is 1. The van der Waals surface area contributed by atoms with Gasteiger partial charge in [0.25, 0.3) is 0 Å². The van der Waals surface area contributed by atoms with Crippen molar-refractivity contribution in [2.75, 3.05) is 0 Å². The molecule has 5 aliphatic rings. The molecule has 5 N–H and O–H groups in total. The van der Waals surface area contributed by atoms with Crippen LogP contribution in [0.25, 0.3) is 0 Å². The third-order valence-electron chi connectivity index (χ3n) is 12.0. The first-order valence-corrected chi connectivity index (χ1v) is 14.7. The summed E-state index contributed by atoms with van der Waals surface area (Å²) in [4.78, 5) is 11.8. The number of hydrogen-bond acceptors (Lipinski definition) is 7. The number of aliphatic hydroxyl groups is 4. The maximum atomic E-state index is 12.4. The highest BCUT2D eigenvalue weighted by molar-refractivity contribution is 5.73. The summed E-state index contributed by atoms with van der Waals surface area (Å²) in [7, 11) is 0. The minimum absolute atomic E-state index is 0.00138. The van der Waals surface area contributed by atoms with E-state index < -0.39 is 36.3 Å². The zero-order chi connectivity index (χ0) is 26.9. The molecule has 1 heterocycles. The van der Waals surface area contributed by atoms with Crippen molar-refractivity contribution in [3.8, 4) is 0 Å². The van der Waals surface area contributed by atoms with Crippen LogP contribution in [-0.2, 0) is 14.3 Å². The zero-order valence-corrected chi connectivity index (χ0v) is 23.2. The minimum atomic E-state index is -1.28. The Labute approximate surface area is 221 Å². The van der Waals surface area contributed by atoms with Crippen molar-refractivity contribution in [3.05, 3.63) is 0 Å². The topological polar surface area (TPSA) is 128 Å². The maximum absolute atomic E-state index is 12.4. The van der Waals surface area contributed by atoms with Crippen molar-refractivity contribution in [3.63, 3.8) is 0 Å². The second-order valence-electron chi connectivity index (χ2n) is 13.7. The summed E-state index contributed by atoms with van der Waals surface area (Å²) in [6.45, 7) is 10.1. The van der Waals surface area contributed by atoms with Crippen LogP contribution in [0, 0.1) is 34.5 Å². The SMILES string of the molecule is CC(=O)N[C@@H](C)[C@H]1CC[C@]2(O)[C@@H]3CC[C@@H]4C[C@@H](O[C@@H]5O[C@@H](C)[C@H](O)[C@@H](O)[C@H]5O)CC[C@]4(C)[C@H]3CC[C@]12C. The molecule has 0 bridgehead atoms. The number of rotatable bonds is 4. The summed E-state index contributed by atoms with van der Waals surface area (Å²) < 4.78 is 11.9. The van der Waals surface area contributed by atoms with Gasteiger partial charge in [-0.05, 0) is 101 Å². The summed E-state index contributed by atoms with van der Waals surface area (Å²) in [5.74, 6) is 1.51. The Morgan fingerprint density at radius 1 is 0.973 bits per heavy atom. The largest absolute Gasteiger partial charge is 0.389 e. The van der Waals surface area contributed by atoms with E-state index >= 15 is 0 Å². The van der Waals surface area contributed by atoms with E-state index in [-0.39, 0.29) is 40.7 Å². The molecule has 0 aromatic heterocycles. The van der Waals surface area contributed by atoms with Gasteiger partial charge in [-0.15, -0.1) is 0 Å². The summed E-state index contributed by atoms with van der Waals surface area (Å²) in [5, 5.41) is 46.1. The molecule has 5 rings (SSSR count). The molecule has 0 unspecified atom stereocenters. The lowest BCUT2D eigenvalue weighted by Gasteiger charge is -2.64. The van der Waals surface area contributed by atoms with Gasteiger partial charge >= 0.3 is 0 Å². The molecule has 0 aromatic rings. The molecule has 4 saturated carbocycles. The molecule has 0 spiro atoms. The van der Waals surface area contributed by atoms with Crippen molar-refractivity contribution in [1.82, 2.24) is 5.32 Å². The van der Waals surface area contributed by atoms with E-state index in [0.717, 1.165) is 57.8 Å². The van der Waals surface area contributed by atoms with Crippen molar-refractivity contribution in [2.45, 2.75) is 141 Å². The molecule has 4 aliphatic carbocycles. The molecule has 212 valence electrons. The fraction of sp³-hybridized carbons (Fsp3) is 0.966.